The van der Waals surface area contributed by atoms with Gasteiger partial charge in [-0.3, -0.25) is 9.59 Å². The summed E-state index contributed by atoms with van der Waals surface area (Å²) in [4.78, 5) is 30.2. The number of rotatable bonds is 3. The van der Waals surface area contributed by atoms with E-state index in [2.05, 4.69) is 0 Å². The molecule has 2 heterocycles. The van der Waals surface area contributed by atoms with Crippen LogP contribution in [0.1, 0.15) is 58.8 Å². The molecule has 2 saturated heterocycles. The maximum absolute atomic E-state index is 14.7. The molecule has 7 heteroatoms. The van der Waals surface area contributed by atoms with E-state index in [-0.39, 0.29) is 35.9 Å². The molecule has 4 rings (SSSR count). The van der Waals surface area contributed by atoms with E-state index in [9.17, 15) is 14.0 Å². The van der Waals surface area contributed by atoms with Gasteiger partial charge in [0.15, 0.2) is 0 Å². The molecule has 6 nitrogen and oxygen atoms in total. The van der Waals surface area contributed by atoms with Gasteiger partial charge in [-0.25, -0.2) is 4.39 Å². The molecule has 6 unspecified atom stereocenters. The Hall–Kier alpha value is -1.21. The highest BCUT2D eigenvalue weighted by atomic mass is 19.1. The van der Waals surface area contributed by atoms with Gasteiger partial charge < -0.3 is 19.3 Å². The second-order valence-corrected chi connectivity index (χ2v) is 9.95. The summed E-state index contributed by atoms with van der Waals surface area (Å²) in [6, 6.07) is -0.188. The summed E-state index contributed by atoms with van der Waals surface area (Å²) in [6.45, 7) is 5.89. The van der Waals surface area contributed by atoms with Gasteiger partial charge in [-0.2, -0.15) is 0 Å². The quantitative estimate of drug-likeness (QED) is 0.699. The van der Waals surface area contributed by atoms with Crippen molar-refractivity contribution in [2.45, 2.75) is 89.3 Å². The van der Waals surface area contributed by atoms with Gasteiger partial charge in [-0.05, 0) is 58.3 Å². The van der Waals surface area contributed by atoms with Crippen LogP contribution < -0.4 is 0 Å². The number of methoxy groups -OCH3 is 1. The van der Waals surface area contributed by atoms with Crippen LogP contribution in [-0.2, 0) is 19.1 Å². The zero-order chi connectivity index (χ0) is 21.4. The number of ether oxygens (including phenoxy) is 2. The van der Waals surface area contributed by atoms with E-state index in [1.165, 1.54) is 0 Å². The average Bonchev–Trinajstić information content (AvgIpc) is 3.20. The SMILES string of the molecule is COC1CCC(C(=O)N2[C@H](C)CN(C(=O)C3CCC4OCCC4C3)C[C@H]2C)C(F)C1. The van der Waals surface area contributed by atoms with Crippen LogP contribution in [-0.4, -0.2) is 78.9 Å². The van der Waals surface area contributed by atoms with E-state index in [0.29, 0.717) is 38.0 Å². The van der Waals surface area contributed by atoms with Gasteiger partial charge in [0.1, 0.15) is 6.17 Å². The monoisotopic (exact) mass is 424 g/mol. The molecule has 4 fully saturated rings. The number of piperazine rings is 1. The molecule has 0 spiro atoms. The second kappa shape index (κ2) is 9.11. The normalized spacial score (nSPS) is 42.1. The fourth-order valence-corrected chi connectivity index (χ4v) is 6.31. The molecule has 0 aromatic rings. The number of hydrogen-bond donors (Lipinski definition) is 0. The Morgan fingerprint density at radius 2 is 1.70 bits per heavy atom. The van der Waals surface area contributed by atoms with Gasteiger partial charge in [0, 0.05) is 51.2 Å². The standard InChI is InChI=1S/C23H37FN2O4/c1-14-12-25(22(27)17-4-7-21-16(10-17)8-9-30-21)13-15(2)26(14)23(28)19-6-5-18(29-3)11-20(19)24/h14-21H,4-13H2,1-3H3/t14-,15-,16?,17?,18?,19?,20?,21?/m1/s1. The lowest BCUT2D eigenvalue weighted by Crippen LogP contribution is -2.62. The highest BCUT2D eigenvalue weighted by Crippen LogP contribution is 2.38. The van der Waals surface area contributed by atoms with E-state index in [1.54, 1.807) is 7.11 Å². The molecular weight excluding hydrogens is 387 g/mol. The van der Waals surface area contributed by atoms with Crippen LogP contribution in [0.4, 0.5) is 4.39 Å². The molecule has 30 heavy (non-hydrogen) atoms. The summed E-state index contributed by atoms with van der Waals surface area (Å²) < 4.78 is 25.8. The van der Waals surface area contributed by atoms with Crippen molar-refractivity contribution in [2.24, 2.45) is 17.8 Å². The highest BCUT2D eigenvalue weighted by Gasteiger charge is 2.44. The Morgan fingerprint density at radius 1 is 0.967 bits per heavy atom. The molecule has 2 amide bonds. The molecule has 8 atom stereocenters. The molecule has 2 aliphatic heterocycles. The number of carbonyl (C=O) groups excluding carboxylic acids is 2. The largest absolute Gasteiger partial charge is 0.381 e. The lowest BCUT2D eigenvalue weighted by atomic mass is 9.78. The number of hydrogen-bond acceptors (Lipinski definition) is 4. The predicted molar refractivity (Wildman–Crippen MR) is 111 cm³/mol. The summed E-state index contributed by atoms with van der Waals surface area (Å²) in [5.41, 5.74) is 0. The van der Waals surface area contributed by atoms with Crippen LogP contribution in [0.3, 0.4) is 0 Å². The molecule has 2 saturated carbocycles. The van der Waals surface area contributed by atoms with Crippen LogP contribution in [0.15, 0.2) is 0 Å². The van der Waals surface area contributed by atoms with Gasteiger partial charge in [-0.15, -0.1) is 0 Å². The molecule has 0 aromatic carbocycles. The number of nitrogens with zero attached hydrogens (tertiary/aromatic N) is 2. The Morgan fingerprint density at radius 3 is 2.37 bits per heavy atom. The van der Waals surface area contributed by atoms with Crippen molar-refractivity contribution in [3.8, 4) is 0 Å². The molecule has 0 radical (unpaired) electrons. The van der Waals surface area contributed by atoms with Crippen LogP contribution in [0.2, 0.25) is 0 Å². The molecule has 4 aliphatic rings. The topological polar surface area (TPSA) is 59.1 Å². The Bertz CT molecular complexity index is 635. The minimum atomic E-state index is -1.15. The number of carbonyl (C=O) groups is 2. The van der Waals surface area contributed by atoms with E-state index in [4.69, 9.17) is 9.47 Å². The molecule has 170 valence electrons. The van der Waals surface area contributed by atoms with Gasteiger partial charge >= 0.3 is 0 Å². The third-order valence-corrected chi connectivity index (χ3v) is 7.94. The molecule has 0 N–H and O–H groups in total. The second-order valence-electron chi connectivity index (χ2n) is 9.95. The number of halogens is 1. The maximum Gasteiger partial charge on any atom is 0.229 e. The summed E-state index contributed by atoms with van der Waals surface area (Å²) in [5.74, 6) is 0.160. The summed E-state index contributed by atoms with van der Waals surface area (Å²) >= 11 is 0. The van der Waals surface area contributed by atoms with Gasteiger partial charge in [0.25, 0.3) is 0 Å². The van der Waals surface area contributed by atoms with Crippen LogP contribution in [0.25, 0.3) is 0 Å². The first-order valence-electron chi connectivity index (χ1n) is 11.8. The Kier molecular flexibility index (Phi) is 6.68. The van der Waals surface area contributed by atoms with Gasteiger partial charge in [0.05, 0.1) is 18.1 Å². The summed E-state index contributed by atoms with van der Waals surface area (Å²) in [6.07, 6.45) is 4.53. The van der Waals surface area contributed by atoms with Gasteiger partial charge in [0.2, 0.25) is 11.8 Å². The van der Waals surface area contributed by atoms with E-state index in [1.807, 2.05) is 23.6 Å². The van der Waals surface area contributed by atoms with E-state index in [0.717, 1.165) is 38.7 Å². The van der Waals surface area contributed by atoms with Crippen molar-refractivity contribution in [3.63, 3.8) is 0 Å². The average molecular weight is 425 g/mol. The van der Waals surface area contributed by atoms with Crippen molar-refractivity contribution < 1.29 is 23.5 Å². The maximum atomic E-state index is 14.7. The zero-order valence-corrected chi connectivity index (χ0v) is 18.6. The van der Waals surface area contributed by atoms with Crippen molar-refractivity contribution in [1.82, 2.24) is 9.80 Å². The van der Waals surface area contributed by atoms with E-state index < -0.39 is 12.1 Å². The fraction of sp³-hybridized carbons (Fsp3) is 0.913. The lowest BCUT2D eigenvalue weighted by molar-refractivity contribution is -0.155. The van der Waals surface area contributed by atoms with Crippen LogP contribution in [0.5, 0.6) is 0 Å². The third-order valence-electron chi connectivity index (χ3n) is 7.94. The first-order valence-corrected chi connectivity index (χ1v) is 11.8. The Labute approximate surface area is 179 Å². The van der Waals surface area contributed by atoms with Crippen molar-refractivity contribution in [1.29, 1.82) is 0 Å². The van der Waals surface area contributed by atoms with Crippen LogP contribution >= 0.6 is 0 Å². The smallest absolute Gasteiger partial charge is 0.229 e. The lowest BCUT2D eigenvalue weighted by Gasteiger charge is -2.47. The molecular formula is C23H37FN2O4. The number of amides is 2. The molecule has 2 aliphatic carbocycles. The summed E-state index contributed by atoms with van der Waals surface area (Å²) in [7, 11) is 1.60. The third kappa shape index (κ3) is 4.24. The number of fused-ring (bicyclic) bond motifs is 1. The number of alkyl halides is 1. The fourth-order valence-electron chi connectivity index (χ4n) is 6.31. The first kappa shape index (κ1) is 22.0. The summed E-state index contributed by atoms with van der Waals surface area (Å²) in [5, 5.41) is 0. The first-order chi connectivity index (χ1) is 14.4. The predicted octanol–water partition coefficient (Wildman–Crippen LogP) is 2.79. The zero-order valence-electron chi connectivity index (χ0n) is 18.6. The van der Waals surface area contributed by atoms with Crippen molar-refractivity contribution in [2.75, 3.05) is 26.8 Å². The Balaban J connectivity index is 1.36. The van der Waals surface area contributed by atoms with Crippen molar-refractivity contribution in [3.05, 3.63) is 0 Å². The van der Waals surface area contributed by atoms with E-state index >= 15 is 0 Å². The minimum absolute atomic E-state index is 0.0779. The molecule has 0 bridgehead atoms. The highest BCUT2D eigenvalue weighted by molar-refractivity contribution is 5.82. The van der Waals surface area contributed by atoms with Gasteiger partial charge in [-0.1, -0.05) is 0 Å². The van der Waals surface area contributed by atoms with Crippen LogP contribution in [0, 0.1) is 17.8 Å². The minimum Gasteiger partial charge on any atom is -0.381 e. The molecule has 0 aromatic heterocycles. The van der Waals surface area contributed by atoms with Crippen molar-refractivity contribution >= 4 is 11.8 Å².